The summed E-state index contributed by atoms with van der Waals surface area (Å²) >= 11 is 0. The molecule has 2 saturated heterocycles. The number of amides is 1. The van der Waals surface area contributed by atoms with Gasteiger partial charge in [-0.1, -0.05) is 13.3 Å². The first-order chi connectivity index (χ1) is 8.71. The molecule has 2 aliphatic rings. The van der Waals surface area contributed by atoms with Crippen molar-refractivity contribution in [1.82, 2.24) is 15.5 Å². The standard InChI is InChI=1S/C14H27N3O/c1-14(5-7-15-8-6-14)13(18)16-9-12-17-10-3-2-4-11-17/h15H,2-12H2,1H3,(H,16,18). The van der Waals surface area contributed by atoms with Crippen molar-refractivity contribution in [3.63, 3.8) is 0 Å². The zero-order chi connectivity index (χ0) is 12.8. The number of hydrogen-bond donors (Lipinski definition) is 2. The summed E-state index contributed by atoms with van der Waals surface area (Å²) < 4.78 is 0. The van der Waals surface area contributed by atoms with Gasteiger partial charge in [-0.05, 0) is 51.9 Å². The van der Waals surface area contributed by atoms with Crippen LogP contribution in [0.3, 0.4) is 0 Å². The molecule has 0 aliphatic carbocycles. The second kappa shape index (κ2) is 6.53. The maximum atomic E-state index is 12.2. The van der Waals surface area contributed by atoms with Crippen molar-refractivity contribution in [3.8, 4) is 0 Å². The van der Waals surface area contributed by atoms with Crippen molar-refractivity contribution in [3.05, 3.63) is 0 Å². The van der Waals surface area contributed by atoms with Crippen LogP contribution in [0.25, 0.3) is 0 Å². The van der Waals surface area contributed by atoms with Crippen LogP contribution >= 0.6 is 0 Å². The van der Waals surface area contributed by atoms with Crippen molar-refractivity contribution in [1.29, 1.82) is 0 Å². The Balaban J connectivity index is 1.67. The first-order valence-electron chi connectivity index (χ1n) is 7.42. The van der Waals surface area contributed by atoms with Crippen molar-refractivity contribution in [2.45, 2.75) is 39.0 Å². The Morgan fingerprint density at radius 2 is 1.89 bits per heavy atom. The molecule has 0 aromatic heterocycles. The number of nitrogens with one attached hydrogen (secondary N) is 2. The van der Waals surface area contributed by atoms with E-state index in [9.17, 15) is 4.79 Å². The second-order valence-electron chi connectivity index (χ2n) is 5.97. The van der Waals surface area contributed by atoms with Crippen molar-refractivity contribution in [2.75, 3.05) is 39.3 Å². The topological polar surface area (TPSA) is 44.4 Å². The number of nitrogens with zero attached hydrogens (tertiary/aromatic N) is 1. The Labute approximate surface area is 110 Å². The molecule has 0 unspecified atom stereocenters. The number of likely N-dealkylation sites (tertiary alicyclic amines) is 1. The van der Waals surface area contributed by atoms with Gasteiger partial charge < -0.3 is 15.5 Å². The molecule has 1 amide bonds. The number of carbonyl (C=O) groups is 1. The molecular weight excluding hydrogens is 226 g/mol. The highest BCUT2D eigenvalue weighted by Gasteiger charge is 2.34. The van der Waals surface area contributed by atoms with Crippen LogP contribution in [0.5, 0.6) is 0 Å². The summed E-state index contributed by atoms with van der Waals surface area (Å²) in [5.41, 5.74) is -0.146. The second-order valence-corrected chi connectivity index (χ2v) is 5.97. The minimum absolute atomic E-state index is 0.146. The molecule has 0 bridgehead atoms. The minimum Gasteiger partial charge on any atom is -0.354 e. The normalized spacial score (nSPS) is 24.7. The SMILES string of the molecule is CC1(C(=O)NCCN2CCCCC2)CCNCC1. The molecule has 2 aliphatic heterocycles. The highest BCUT2D eigenvalue weighted by atomic mass is 16.2. The fraction of sp³-hybridized carbons (Fsp3) is 0.929. The lowest BCUT2D eigenvalue weighted by Gasteiger charge is -2.33. The smallest absolute Gasteiger partial charge is 0.226 e. The van der Waals surface area contributed by atoms with Gasteiger partial charge in [0.25, 0.3) is 0 Å². The maximum absolute atomic E-state index is 12.2. The first-order valence-corrected chi connectivity index (χ1v) is 7.42. The Kier molecular flexibility index (Phi) is 5.01. The summed E-state index contributed by atoms with van der Waals surface area (Å²) in [4.78, 5) is 14.7. The molecule has 0 atom stereocenters. The molecular formula is C14H27N3O. The van der Waals surface area contributed by atoms with Crippen LogP contribution in [0.1, 0.15) is 39.0 Å². The van der Waals surface area contributed by atoms with E-state index < -0.39 is 0 Å². The van der Waals surface area contributed by atoms with E-state index in [4.69, 9.17) is 0 Å². The highest BCUT2D eigenvalue weighted by molar-refractivity contribution is 5.82. The van der Waals surface area contributed by atoms with E-state index in [-0.39, 0.29) is 11.3 Å². The van der Waals surface area contributed by atoms with Crippen LogP contribution in [-0.4, -0.2) is 50.1 Å². The molecule has 4 heteroatoms. The Morgan fingerprint density at radius 1 is 1.22 bits per heavy atom. The van der Waals surface area contributed by atoms with Gasteiger partial charge in [0.15, 0.2) is 0 Å². The molecule has 18 heavy (non-hydrogen) atoms. The van der Waals surface area contributed by atoms with Crippen LogP contribution in [-0.2, 0) is 4.79 Å². The van der Waals surface area contributed by atoms with Crippen LogP contribution in [0.4, 0.5) is 0 Å². The number of carbonyl (C=O) groups excluding carboxylic acids is 1. The van der Waals surface area contributed by atoms with Crippen LogP contribution in [0, 0.1) is 5.41 Å². The molecule has 104 valence electrons. The van der Waals surface area contributed by atoms with E-state index in [1.54, 1.807) is 0 Å². The molecule has 2 N–H and O–H groups in total. The first kappa shape index (κ1) is 13.8. The molecule has 0 aromatic rings. The Hall–Kier alpha value is -0.610. The van der Waals surface area contributed by atoms with Crippen LogP contribution < -0.4 is 10.6 Å². The summed E-state index contributed by atoms with van der Waals surface area (Å²) in [6, 6.07) is 0. The average Bonchev–Trinajstić information content (AvgIpc) is 2.41. The van der Waals surface area contributed by atoms with E-state index in [1.165, 1.54) is 32.4 Å². The monoisotopic (exact) mass is 253 g/mol. The van der Waals surface area contributed by atoms with Gasteiger partial charge in [0.05, 0.1) is 0 Å². The lowest BCUT2D eigenvalue weighted by atomic mass is 9.80. The molecule has 2 fully saturated rings. The van der Waals surface area contributed by atoms with Gasteiger partial charge in [0, 0.05) is 18.5 Å². The lowest BCUT2D eigenvalue weighted by molar-refractivity contribution is -0.131. The van der Waals surface area contributed by atoms with Gasteiger partial charge in [-0.25, -0.2) is 0 Å². The van der Waals surface area contributed by atoms with Crippen molar-refractivity contribution in [2.24, 2.45) is 5.41 Å². The minimum atomic E-state index is -0.146. The molecule has 0 radical (unpaired) electrons. The summed E-state index contributed by atoms with van der Waals surface area (Å²) in [5.74, 6) is 0.251. The lowest BCUT2D eigenvalue weighted by Crippen LogP contribution is -2.47. The number of rotatable bonds is 4. The van der Waals surface area contributed by atoms with Crippen molar-refractivity contribution < 1.29 is 4.79 Å². The van der Waals surface area contributed by atoms with Gasteiger partial charge in [0.1, 0.15) is 0 Å². The summed E-state index contributed by atoms with van der Waals surface area (Å²) in [5, 5.41) is 6.45. The summed E-state index contributed by atoms with van der Waals surface area (Å²) in [6.07, 6.45) is 5.92. The molecule has 0 spiro atoms. The third kappa shape index (κ3) is 3.69. The average molecular weight is 253 g/mol. The van der Waals surface area contributed by atoms with Gasteiger partial charge >= 0.3 is 0 Å². The van der Waals surface area contributed by atoms with E-state index in [0.717, 1.165) is 39.0 Å². The fourth-order valence-electron chi connectivity index (χ4n) is 2.93. The Bertz CT molecular complexity index is 268. The van der Waals surface area contributed by atoms with E-state index in [2.05, 4.69) is 22.5 Å². The van der Waals surface area contributed by atoms with Crippen LogP contribution in [0.2, 0.25) is 0 Å². The van der Waals surface area contributed by atoms with Crippen molar-refractivity contribution >= 4 is 5.91 Å². The molecule has 0 saturated carbocycles. The van der Waals surface area contributed by atoms with Gasteiger partial charge in [-0.15, -0.1) is 0 Å². The van der Waals surface area contributed by atoms with E-state index >= 15 is 0 Å². The summed E-state index contributed by atoms with van der Waals surface area (Å²) in [6.45, 7) is 8.27. The molecule has 2 rings (SSSR count). The van der Waals surface area contributed by atoms with Gasteiger partial charge in [-0.2, -0.15) is 0 Å². The third-order valence-corrected chi connectivity index (χ3v) is 4.42. The predicted octanol–water partition coefficient (Wildman–Crippen LogP) is 0.978. The number of piperidine rings is 2. The highest BCUT2D eigenvalue weighted by Crippen LogP contribution is 2.27. The maximum Gasteiger partial charge on any atom is 0.226 e. The largest absolute Gasteiger partial charge is 0.354 e. The van der Waals surface area contributed by atoms with Gasteiger partial charge in [0.2, 0.25) is 5.91 Å². The number of hydrogen-bond acceptors (Lipinski definition) is 3. The molecule has 0 aromatic carbocycles. The summed E-state index contributed by atoms with van der Waals surface area (Å²) in [7, 11) is 0. The molecule has 2 heterocycles. The quantitative estimate of drug-likeness (QED) is 0.785. The zero-order valence-corrected chi connectivity index (χ0v) is 11.6. The zero-order valence-electron chi connectivity index (χ0n) is 11.6. The predicted molar refractivity (Wildman–Crippen MR) is 73.5 cm³/mol. The van der Waals surface area contributed by atoms with E-state index in [1.807, 2.05) is 0 Å². The fourth-order valence-corrected chi connectivity index (χ4v) is 2.93. The van der Waals surface area contributed by atoms with E-state index in [0.29, 0.717) is 0 Å². The van der Waals surface area contributed by atoms with Crippen LogP contribution in [0.15, 0.2) is 0 Å². The van der Waals surface area contributed by atoms with Gasteiger partial charge in [-0.3, -0.25) is 4.79 Å². The third-order valence-electron chi connectivity index (χ3n) is 4.42. The Morgan fingerprint density at radius 3 is 2.56 bits per heavy atom. The molecule has 4 nitrogen and oxygen atoms in total.